The maximum atomic E-state index is 8.88. The highest BCUT2D eigenvalue weighted by Gasteiger charge is 2.13. The highest BCUT2D eigenvalue weighted by Crippen LogP contribution is 2.25. The molecule has 0 saturated heterocycles. The number of hydrogen-bond donors (Lipinski definition) is 2. The molecule has 2 N–H and O–H groups in total. The Labute approximate surface area is 100 Å². The monoisotopic (exact) mass is 228 g/mol. The summed E-state index contributed by atoms with van der Waals surface area (Å²) in [6.07, 6.45) is 5.22. The summed E-state index contributed by atoms with van der Waals surface area (Å²) in [6.45, 7) is 10.4. The lowest BCUT2D eigenvalue weighted by atomic mass is 9.87. The molecule has 0 radical (unpaired) electrons. The van der Waals surface area contributed by atoms with Crippen molar-refractivity contribution in [3.8, 4) is 0 Å². The Morgan fingerprint density at radius 3 is 2.25 bits per heavy atom. The summed E-state index contributed by atoms with van der Waals surface area (Å²) in [4.78, 5) is 0. The second-order valence-corrected chi connectivity index (χ2v) is 5.08. The second kappa shape index (κ2) is 8.77. The maximum absolute atomic E-state index is 8.88. The van der Waals surface area contributed by atoms with E-state index in [-0.39, 0.29) is 0 Å². The van der Waals surface area contributed by atoms with Crippen LogP contribution in [0.1, 0.15) is 59.3 Å². The van der Waals surface area contributed by atoms with E-state index in [1.807, 2.05) is 0 Å². The van der Waals surface area contributed by atoms with E-state index in [9.17, 15) is 0 Å². The molecule has 96 valence electrons. The van der Waals surface area contributed by atoms with E-state index in [0.29, 0.717) is 18.3 Å². The van der Waals surface area contributed by atoms with Crippen LogP contribution in [0, 0.1) is 11.8 Å². The number of unbranched alkanes of at least 4 members (excludes halogenated alkanes) is 1. The Kier molecular flexibility index (Phi) is 8.58. The minimum Gasteiger partial charge on any atom is -0.368 e. The largest absolute Gasteiger partial charge is 0.368 e. The summed E-state index contributed by atoms with van der Waals surface area (Å²) in [6, 6.07) is 0. The molecule has 0 aromatic carbocycles. The van der Waals surface area contributed by atoms with Crippen LogP contribution >= 0.6 is 0 Å². The van der Waals surface area contributed by atoms with Crippen LogP contribution in [0.25, 0.3) is 0 Å². The SMILES string of the molecule is C=C(C)C(CCCC)CCC(C)CC(O)O. The van der Waals surface area contributed by atoms with Crippen molar-refractivity contribution in [2.45, 2.75) is 65.6 Å². The predicted octanol–water partition coefficient (Wildman–Crippen LogP) is 3.49. The molecule has 0 aromatic rings. The first-order valence-electron chi connectivity index (χ1n) is 6.48. The molecule has 0 fully saturated rings. The second-order valence-electron chi connectivity index (χ2n) is 5.08. The summed E-state index contributed by atoms with van der Waals surface area (Å²) in [5.74, 6) is 0.988. The van der Waals surface area contributed by atoms with Gasteiger partial charge in [0, 0.05) is 6.42 Å². The van der Waals surface area contributed by atoms with E-state index < -0.39 is 6.29 Å². The lowest BCUT2D eigenvalue weighted by Gasteiger charge is -2.19. The summed E-state index contributed by atoms with van der Waals surface area (Å²) >= 11 is 0. The Morgan fingerprint density at radius 2 is 1.81 bits per heavy atom. The first-order chi connectivity index (χ1) is 7.47. The standard InChI is InChI=1S/C14H28O2/c1-5-6-7-13(11(2)3)9-8-12(4)10-14(15)16/h12-16H,2,5-10H2,1,3-4H3. The minimum absolute atomic E-state index is 0.378. The van der Waals surface area contributed by atoms with Crippen LogP contribution in [0.4, 0.5) is 0 Å². The van der Waals surface area contributed by atoms with Crippen LogP contribution in [0.5, 0.6) is 0 Å². The van der Waals surface area contributed by atoms with Gasteiger partial charge < -0.3 is 10.2 Å². The van der Waals surface area contributed by atoms with Crippen LogP contribution in [0.15, 0.2) is 12.2 Å². The van der Waals surface area contributed by atoms with Crippen molar-refractivity contribution in [3.63, 3.8) is 0 Å². The fraction of sp³-hybridized carbons (Fsp3) is 0.857. The van der Waals surface area contributed by atoms with Gasteiger partial charge in [0.05, 0.1) is 0 Å². The van der Waals surface area contributed by atoms with Crippen LogP contribution in [0.2, 0.25) is 0 Å². The maximum Gasteiger partial charge on any atom is 0.151 e. The third-order valence-electron chi connectivity index (χ3n) is 3.22. The molecule has 0 heterocycles. The number of allylic oxidation sites excluding steroid dienone is 1. The molecule has 16 heavy (non-hydrogen) atoms. The first kappa shape index (κ1) is 15.7. The molecule has 2 atom stereocenters. The van der Waals surface area contributed by atoms with E-state index in [1.165, 1.54) is 24.8 Å². The quantitative estimate of drug-likeness (QED) is 0.468. The zero-order valence-electron chi connectivity index (χ0n) is 11.1. The zero-order valence-corrected chi connectivity index (χ0v) is 11.1. The van der Waals surface area contributed by atoms with Gasteiger partial charge in [-0.2, -0.15) is 0 Å². The van der Waals surface area contributed by atoms with Crippen molar-refractivity contribution >= 4 is 0 Å². The molecule has 2 heteroatoms. The van der Waals surface area contributed by atoms with Gasteiger partial charge >= 0.3 is 0 Å². The van der Waals surface area contributed by atoms with Gasteiger partial charge in [0.15, 0.2) is 6.29 Å². The van der Waals surface area contributed by atoms with Gasteiger partial charge in [0.1, 0.15) is 0 Å². The molecule has 2 unspecified atom stereocenters. The van der Waals surface area contributed by atoms with E-state index in [1.54, 1.807) is 0 Å². The number of hydrogen-bond acceptors (Lipinski definition) is 2. The van der Waals surface area contributed by atoms with Crippen LogP contribution in [-0.2, 0) is 0 Å². The van der Waals surface area contributed by atoms with Gasteiger partial charge in [0.25, 0.3) is 0 Å². The highest BCUT2D eigenvalue weighted by atomic mass is 16.5. The van der Waals surface area contributed by atoms with E-state index in [0.717, 1.165) is 12.8 Å². The number of aliphatic hydroxyl groups is 2. The molecule has 0 aliphatic rings. The molecule has 0 aromatic heterocycles. The Bertz CT molecular complexity index is 187. The Hall–Kier alpha value is -0.340. The van der Waals surface area contributed by atoms with Gasteiger partial charge in [0.2, 0.25) is 0 Å². The third kappa shape index (κ3) is 7.89. The molecule has 0 aliphatic carbocycles. The van der Waals surface area contributed by atoms with Gasteiger partial charge in [-0.1, -0.05) is 38.8 Å². The van der Waals surface area contributed by atoms with Gasteiger partial charge in [-0.05, 0) is 38.0 Å². The smallest absolute Gasteiger partial charge is 0.151 e. The molecule has 2 nitrogen and oxygen atoms in total. The summed E-state index contributed by atoms with van der Waals surface area (Å²) < 4.78 is 0. The molecule has 0 amide bonds. The normalized spacial score (nSPS) is 15.1. The van der Waals surface area contributed by atoms with Crippen molar-refractivity contribution in [3.05, 3.63) is 12.2 Å². The van der Waals surface area contributed by atoms with E-state index in [2.05, 4.69) is 27.4 Å². The van der Waals surface area contributed by atoms with Crippen molar-refractivity contribution in [2.24, 2.45) is 11.8 Å². The lowest BCUT2D eigenvalue weighted by molar-refractivity contribution is -0.0553. The molecule has 0 rings (SSSR count). The van der Waals surface area contributed by atoms with E-state index in [4.69, 9.17) is 10.2 Å². The first-order valence-corrected chi connectivity index (χ1v) is 6.48. The molecule has 0 spiro atoms. The predicted molar refractivity (Wildman–Crippen MR) is 69.1 cm³/mol. The zero-order chi connectivity index (χ0) is 12.6. The molecule has 0 aliphatic heterocycles. The summed E-state index contributed by atoms with van der Waals surface area (Å²) in [5, 5.41) is 17.8. The molecule has 0 bridgehead atoms. The molecule has 0 saturated carbocycles. The van der Waals surface area contributed by atoms with E-state index >= 15 is 0 Å². The van der Waals surface area contributed by atoms with Gasteiger partial charge in [-0.15, -0.1) is 0 Å². The third-order valence-corrected chi connectivity index (χ3v) is 3.22. The van der Waals surface area contributed by atoms with Crippen LogP contribution in [-0.4, -0.2) is 16.5 Å². The lowest BCUT2D eigenvalue weighted by Crippen LogP contribution is -2.12. The van der Waals surface area contributed by atoms with Gasteiger partial charge in [-0.25, -0.2) is 0 Å². The van der Waals surface area contributed by atoms with Crippen LogP contribution in [0.3, 0.4) is 0 Å². The average molecular weight is 228 g/mol. The topological polar surface area (TPSA) is 40.5 Å². The Morgan fingerprint density at radius 1 is 1.19 bits per heavy atom. The molecular formula is C14H28O2. The van der Waals surface area contributed by atoms with Crippen molar-refractivity contribution in [1.82, 2.24) is 0 Å². The number of aliphatic hydroxyl groups excluding tert-OH is 1. The van der Waals surface area contributed by atoms with Crippen molar-refractivity contribution < 1.29 is 10.2 Å². The molecular weight excluding hydrogens is 200 g/mol. The van der Waals surface area contributed by atoms with Crippen LogP contribution < -0.4 is 0 Å². The summed E-state index contributed by atoms with van der Waals surface area (Å²) in [7, 11) is 0. The Balaban J connectivity index is 3.87. The fourth-order valence-corrected chi connectivity index (χ4v) is 2.05. The highest BCUT2D eigenvalue weighted by molar-refractivity contribution is 4.95. The van der Waals surface area contributed by atoms with Gasteiger partial charge in [-0.3, -0.25) is 0 Å². The number of rotatable bonds is 9. The average Bonchev–Trinajstić information content (AvgIpc) is 2.16. The summed E-state index contributed by atoms with van der Waals surface area (Å²) in [5.41, 5.74) is 1.27. The minimum atomic E-state index is -1.16. The fourth-order valence-electron chi connectivity index (χ4n) is 2.05. The van der Waals surface area contributed by atoms with Crippen molar-refractivity contribution in [1.29, 1.82) is 0 Å². The van der Waals surface area contributed by atoms with Crippen molar-refractivity contribution in [2.75, 3.05) is 0 Å².